The molecule has 3 aromatic rings. The number of pyridine rings is 1. The highest BCUT2D eigenvalue weighted by molar-refractivity contribution is 6.33. The van der Waals surface area contributed by atoms with Gasteiger partial charge in [0.05, 0.1) is 41.6 Å². The van der Waals surface area contributed by atoms with E-state index in [1.165, 1.54) is 13.3 Å². The van der Waals surface area contributed by atoms with Gasteiger partial charge >= 0.3 is 0 Å². The molecule has 2 N–H and O–H groups in total. The van der Waals surface area contributed by atoms with Crippen LogP contribution >= 0.6 is 11.6 Å². The molecule has 0 spiro atoms. The largest absolute Gasteiger partial charge is 0.481 e. The second-order valence-corrected chi connectivity index (χ2v) is 8.26. The monoisotopic (exact) mass is 469 g/mol. The molecule has 0 saturated carbocycles. The SMILES string of the molecule is COc1cc(-c2cc(C(=O)N3CCC(C(=O)Nc4cnc(C)c(C)n4)CC3)[nH]n2)c(Cl)cn1. The highest BCUT2D eigenvalue weighted by atomic mass is 35.5. The fourth-order valence-corrected chi connectivity index (χ4v) is 3.84. The molecule has 172 valence electrons. The summed E-state index contributed by atoms with van der Waals surface area (Å²) in [4.78, 5) is 39.9. The number of piperidine rings is 1. The minimum atomic E-state index is -0.196. The molecule has 1 aliphatic rings. The topological polar surface area (TPSA) is 126 Å². The van der Waals surface area contributed by atoms with Crippen molar-refractivity contribution >= 4 is 29.2 Å². The zero-order chi connectivity index (χ0) is 23.5. The van der Waals surface area contributed by atoms with Crippen molar-refractivity contribution in [2.75, 3.05) is 25.5 Å². The van der Waals surface area contributed by atoms with Crippen molar-refractivity contribution in [1.82, 2.24) is 30.0 Å². The highest BCUT2D eigenvalue weighted by Gasteiger charge is 2.29. The van der Waals surface area contributed by atoms with Crippen LogP contribution in [-0.2, 0) is 4.79 Å². The Labute approximate surface area is 195 Å². The van der Waals surface area contributed by atoms with Gasteiger partial charge in [-0.3, -0.25) is 19.7 Å². The predicted octanol–water partition coefficient (Wildman–Crippen LogP) is 3.03. The summed E-state index contributed by atoms with van der Waals surface area (Å²) in [6.45, 7) is 4.65. The van der Waals surface area contributed by atoms with E-state index in [2.05, 4.69) is 30.5 Å². The molecule has 0 atom stereocenters. The summed E-state index contributed by atoms with van der Waals surface area (Å²) in [5.41, 5.74) is 3.09. The molecule has 3 aromatic heterocycles. The zero-order valence-corrected chi connectivity index (χ0v) is 19.3. The Kier molecular flexibility index (Phi) is 6.55. The maximum absolute atomic E-state index is 13.0. The molecule has 1 saturated heterocycles. The number of ether oxygens (including phenoxy) is 1. The van der Waals surface area contributed by atoms with E-state index < -0.39 is 0 Å². The van der Waals surface area contributed by atoms with E-state index in [1.54, 1.807) is 23.2 Å². The zero-order valence-electron chi connectivity index (χ0n) is 18.6. The van der Waals surface area contributed by atoms with Gasteiger partial charge in [0.2, 0.25) is 11.8 Å². The summed E-state index contributed by atoms with van der Waals surface area (Å²) in [6.07, 6.45) is 4.15. The Morgan fingerprint density at radius 3 is 2.61 bits per heavy atom. The van der Waals surface area contributed by atoms with Crippen LogP contribution < -0.4 is 10.1 Å². The number of carbonyl (C=O) groups is 2. The first-order chi connectivity index (χ1) is 15.9. The standard InChI is InChI=1S/C22H24ClN7O3/c1-12-13(2)26-19(11-24-12)27-21(31)14-4-6-30(7-5-14)22(32)18-9-17(28-29-18)15-8-20(33-3)25-10-16(15)23/h8-11,14H,4-7H2,1-3H3,(H,28,29)(H,26,27,31). The van der Waals surface area contributed by atoms with Crippen LogP contribution in [0.3, 0.4) is 0 Å². The van der Waals surface area contributed by atoms with E-state index >= 15 is 0 Å². The normalized spacial score (nSPS) is 14.2. The molecule has 0 unspecified atom stereocenters. The van der Waals surface area contributed by atoms with Crippen LogP contribution in [0.5, 0.6) is 5.88 Å². The first-order valence-corrected chi connectivity index (χ1v) is 10.9. The van der Waals surface area contributed by atoms with Crippen molar-refractivity contribution in [3.63, 3.8) is 0 Å². The number of amides is 2. The van der Waals surface area contributed by atoms with Crippen LogP contribution in [-0.4, -0.2) is 62.1 Å². The van der Waals surface area contributed by atoms with E-state index in [0.29, 0.717) is 59.6 Å². The number of aryl methyl sites for hydroxylation is 2. The van der Waals surface area contributed by atoms with Gasteiger partial charge in [-0.15, -0.1) is 0 Å². The average molecular weight is 470 g/mol. The molecule has 0 aromatic carbocycles. The third-order valence-electron chi connectivity index (χ3n) is 5.72. The van der Waals surface area contributed by atoms with E-state index in [4.69, 9.17) is 16.3 Å². The first-order valence-electron chi connectivity index (χ1n) is 10.5. The number of likely N-dealkylation sites (tertiary alicyclic amines) is 1. The van der Waals surface area contributed by atoms with Crippen molar-refractivity contribution in [1.29, 1.82) is 0 Å². The number of halogens is 1. The molecule has 2 amide bonds. The molecule has 0 aliphatic carbocycles. The van der Waals surface area contributed by atoms with Crippen molar-refractivity contribution < 1.29 is 14.3 Å². The lowest BCUT2D eigenvalue weighted by Crippen LogP contribution is -2.41. The van der Waals surface area contributed by atoms with Crippen molar-refractivity contribution in [2.45, 2.75) is 26.7 Å². The number of carbonyl (C=O) groups excluding carboxylic acids is 2. The van der Waals surface area contributed by atoms with Crippen LogP contribution in [0.1, 0.15) is 34.7 Å². The van der Waals surface area contributed by atoms with Crippen LogP contribution in [0.25, 0.3) is 11.3 Å². The molecule has 10 nitrogen and oxygen atoms in total. The summed E-state index contributed by atoms with van der Waals surface area (Å²) in [6, 6.07) is 3.32. The molecule has 33 heavy (non-hydrogen) atoms. The van der Waals surface area contributed by atoms with Gasteiger partial charge in [0.15, 0.2) is 5.82 Å². The van der Waals surface area contributed by atoms with Gasteiger partial charge < -0.3 is 15.0 Å². The van der Waals surface area contributed by atoms with Crippen molar-refractivity contribution in [3.05, 3.63) is 46.6 Å². The molecule has 0 bridgehead atoms. The Morgan fingerprint density at radius 2 is 1.91 bits per heavy atom. The van der Waals surface area contributed by atoms with E-state index in [-0.39, 0.29) is 17.7 Å². The van der Waals surface area contributed by atoms with Crippen LogP contribution in [0, 0.1) is 19.8 Å². The summed E-state index contributed by atoms with van der Waals surface area (Å²) in [5, 5.41) is 10.2. The lowest BCUT2D eigenvalue weighted by molar-refractivity contribution is -0.121. The summed E-state index contributed by atoms with van der Waals surface area (Å²) in [5.74, 6) is 0.364. The number of nitrogens with one attached hydrogen (secondary N) is 2. The first kappa shape index (κ1) is 22.7. The molecule has 4 rings (SSSR count). The smallest absolute Gasteiger partial charge is 0.271 e. The van der Waals surface area contributed by atoms with E-state index in [9.17, 15) is 9.59 Å². The average Bonchev–Trinajstić information content (AvgIpc) is 3.31. The quantitative estimate of drug-likeness (QED) is 0.588. The second-order valence-electron chi connectivity index (χ2n) is 7.86. The summed E-state index contributed by atoms with van der Waals surface area (Å²) >= 11 is 6.23. The number of rotatable bonds is 5. The molecule has 4 heterocycles. The molecule has 1 fully saturated rings. The lowest BCUT2D eigenvalue weighted by Gasteiger charge is -2.30. The fourth-order valence-electron chi connectivity index (χ4n) is 3.64. The number of H-pyrrole nitrogens is 1. The third-order valence-corrected chi connectivity index (χ3v) is 6.02. The number of hydrogen-bond donors (Lipinski definition) is 2. The number of aromatic nitrogens is 5. The van der Waals surface area contributed by atoms with Crippen molar-refractivity contribution in [3.8, 4) is 17.1 Å². The summed E-state index contributed by atoms with van der Waals surface area (Å²) in [7, 11) is 1.51. The van der Waals surface area contributed by atoms with Crippen LogP contribution in [0.15, 0.2) is 24.5 Å². The fraction of sp³-hybridized carbons (Fsp3) is 0.364. The molecule has 1 aliphatic heterocycles. The maximum Gasteiger partial charge on any atom is 0.271 e. The maximum atomic E-state index is 13.0. The van der Waals surface area contributed by atoms with Gasteiger partial charge in [-0.05, 0) is 32.8 Å². The molecular formula is C22H24ClN7O3. The van der Waals surface area contributed by atoms with Gasteiger partial charge in [0.1, 0.15) is 5.69 Å². The molecule has 0 radical (unpaired) electrons. The number of anilines is 1. The van der Waals surface area contributed by atoms with Crippen molar-refractivity contribution in [2.24, 2.45) is 5.92 Å². The van der Waals surface area contributed by atoms with E-state index in [0.717, 1.165) is 11.4 Å². The van der Waals surface area contributed by atoms with Gasteiger partial charge in [0, 0.05) is 30.6 Å². The number of hydrogen-bond acceptors (Lipinski definition) is 7. The lowest BCUT2D eigenvalue weighted by atomic mass is 9.95. The Bertz CT molecular complexity index is 1190. The molecular weight excluding hydrogens is 446 g/mol. The number of methoxy groups -OCH3 is 1. The number of nitrogens with zero attached hydrogens (tertiary/aromatic N) is 5. The van der Waals surface area contributed by atoms with Crippen LogP contribution in [0.4, 0.5) is 5.82 Å². The van der Waals surface area contributed by atoms with Crippen LogP contribution in [0.2, 0.25) is 5.02 Å². The highest BCUT2D eigenvalue weighted by Crippen LogP contribution is 2.29. The van der Waals surface area contributed by atoms with Gasteiger partial charge in [0.25, 0.3) is 5.91 Å². The molecule has 11 heteroatoms. The summed E-state index contributed by atoms with van der Waals surface area (Å²) < 4.78 is 5.14. The Hall–Kier alpha value is -3.53. The minimum Gasteiger partial charge on any atom is -0.481 e. The Morgan fingerprint density at radius 1 is 1.15 bits per heavy atom. The Balaban J connectivity index is 1.37. The predicted molar refractivity (Wildman–Crippen MR) is 122 cm³/mol. The van der Waals surface area contributed by atoms with Gasteiger partial charge in [-0.1, -0.05) is 11.6 Å². The van der Waals surface area contributed by atoms with E-state index in [1.807, 2.05) is 13.8 Å². The third kappa shape index (κ3) is 4.95. The minimum absolute atomic E-state index is 0.107. The van der Waals surface area contributed by atoms with Gasteiger partial charge in [-0.2, -0.15) is 5.10 Å². The number of aromatic amines is 1. The van der Waals surface area contributed by atoms with Gasteiger partial charge in [-0.25, -0.2) is 9.97 Å². The second kappa shape index (κ2) is 9.53.